The normalized spacial score (nSPS) is 34.6. The molecule has 124 valence electrons. The van der Waals surface area contributed by atoms with Crippen LogP contribution in [-0.4, -0.2) is 47.0 Å². The summed E-state index contributed by atoms with van der Waals surface area (Å²) < 4.78 is 0. The molecule has 0 unspecified atom stereocenters. The van der Waals surface area contributed by atoms with Gasteiger partial charge in [0, 0.05) is 13.1 Å². The number of hydrogen-bond acceptors (Lipinski definition) is 1. The van der Waals surface area contributed by atoms with E-state index in [4.69, 9.17) is 0 Å². The van der Waals surface area contributed by atoms with Gasteiger partial charge in [-0.05, 0) is 59.6 Å². The van der Waals surface area contributed by atoms with Crippen LogP contribution in [-0.2, 0) is 0 Å². The Labute approximate surface area is 135 Å². The first-order valence-electron chi connectivity index (χ1n) is 8.94. The predicted octanol–water partition coefficient (Wildman–Crippen LogP) is 5.46. The monoisotopic (exact) mass is 329 g/mol. The SMILES string of the molecule is CC(C)(C)[P@]1CCC[C@@H]1CNC[C@H]1CCC[P@@]1C(C)(C)C. The summed E-state index contributed by atoms with van der Waals surface area (Å²) in [4.78, 5) is 0. The van der Waals surface area contributed by atoms with Crippen molar-refractivity contribution in [3.05, 3.63) is 0 Å². The molecule has 0 radical (unpaired) electrons. The Morgan fingerprint density at radius 2 is 1.14 bits per heavy atom. The molecule has 2 fully saturated rings. The minimum atomic E-state index is 0.236. The Bertz CT molecular complexity index is 297. The largest absolute Gasteiger partial charge is 0.315 e. The first kappa shape index (κ1) is 18.2. The fourth-order valence-electron chi connectivity index (χ4n) is 4.28. The Morgan fingerprint density at radius 1 is 0.762 bits per heavy atom. The van der Waals surface area contributed by atoms with Crippen molar-refractivity contribution in [1.82, 2.24) is 5.32 Å². The molecule has 0 aromatic rings. The molecule has 2 saturated heterocycles. The van der Waals surface area contributed by atoms with Crippen molar-refractivity contribution < 1.29 is 0 Å². The second-order valence-corrected chi connectivity index (χ2v) is 15.9. The van der Waals surface area contributed by atoms with E-state index in [1.54, 1.807) is 0 Å². The lowest BCUT2D eigenvalue weighted by Crippen LogP contribution is -2.33. The zero-order valence-electron chi connectivity index (χ0n) is 15.2. The molecule has 2 heterocycles. The van der Waals surface area contributed by atoms with E-state index in [-0.39, 0.29) is 15.8 Å². The minimum absolute atomic E-state index is 0.236. The van der Waals surface area contributed by atoms with E-state index in [1.165, 1.54) is 51.1 Å². The maximum absolute atomic E-state index is 3.91. The molecule has 1 nitrogen and oxygen atoms in total. The molecule has 0 saturated carbocycles. The molecule has 2 aliphatic rings. The maximum Gasteiger partial charge on any atom is 0.00194 e. The van der Waals surface area contributed by atoms with Gasteiger partial charge in [0.15, 0.2) is 0 Å². The molecule has 0 aliphatic carbocycles. The van der Waals surface area contributed by atoms with Crippen molar-refractivity contribution in [2.24, 2.45) is 0 Å². The average molecular weight is 329 g/mol. The molecule has 0 aromatic carbocycles. The first-order valence-corrected chi connectivity index (χ1v) is 12.1. The van der Waals surface area contributed by atoms with Crippen LogP contribution >= 0.6 is 15.8 Å². The van der Waals surface area contributed by atoms with Gasteiger partial charge in [0.2, 0.25) is 0 Å². The third kappa shape index (κ3) is 4.89. The lowest BCUT2D eigenvalue weighted by molar-refractivity contribution is 0.607. The van der Waals surface area contributed by atoms with Crippen LogP contribution in [0.25, 0.3) is 0 Å². The van der Waals surface area contributed by atoms with Crippen molar-refractivity contribution in [3.8, 4) is 0 Å². The summed E-state index contributed by atoms with van der Waals surface area (Å²) in [7, 11) is 0.472. The van der Waals surface area contributed by atoms with E-state index in [9.17, 15) is 0 Å². The van der Waals surface area contributed by atoms with Crippen molar-refractivity contribution in [3.63, 3.8) is 0 Å². The summed E-state index contributed by atoms with van der Waals surface area (Å²) >= 11 is 0. The van der Waals surface area contributed by atoms with E-state index in [0.717, 1.165) is 11.3 Å². The van der Waals surface area contributed by atoms with Gasteiger partial charge in [-0.3, -0.25) is 0 Å². The van der Waals surface area contributed by atoms with Crippen LogP contribution in [0.15, 0.2) is 0 Å². The van der Waals surface area contributed by atoms with Gasteiger partial charge in [0.1, 0.15) is 0 Å². The Morgan fingerprint density at radius 3 is 1.48 bits per heavy atom. The van der Waals surface area contributed by atoms with Gasteiger partial charge in [-0.1, -0.05) is 57.4 Å². The van der Waals surface area contributed by atoms with E-state index in [0.29, 0.717) is 10.3 Å². The number of hydrogen-bond donors (Lipinski definition) is 1. The molecule has 4 atom stereocenters. The zero-order valence-corrected chi connectivity index (χ0v) is 17.0. The zero-order chi connectivity index (χ0) is 15.7. The Kier molecular flexibility index (Phi) is 6.18. The van der Waals surface area contributed by atoms with Crippen molar-refractivity contribution in [1.29, 1.82) is 0 Å². The lowest BCUT2D eigenvalue weighted by atomic mass is 10.2. The second-order valence-electron chi connectivity index (χ2n) is 8.98. The molecular weight excluding hydrogens is 292 g/mol. The standard InChI is InChI=1S/C18H37NP2/c1-17(2,3)20-11-7-9-15(20)13-19-14-16-10-8-12-21(16)18(4,5)6/h15-16,19H,7-14H2,1-6H3/t15-,16-,20-,21-/m1/s1. The third-order valence-electron chi connectivity index (χ3n) is 5.24. The van der Waals surface area contributed by atoms with Gasteiger partial charge in [0.05, 0.1) is 0 Å². The van der Waals surface area contributed by atoms with Crippen LogP contribution in [0.1, 0.15) is 67.2 Å². The van der Waals surface area contributed by atoms with Gasteiger partial charge < -0.3 is 5.32 Å². The number of nitrogens with one attached hydrogen (secondary N) is 1. The fourth-order valence-corrected chi connectivity index (χ4v) is 11.3. The summed E-state index contributed by atoms with van der Waals surface area (Å²) in [6, 6.07) is 0. The van der Waals surface area contributed by atoms with Gasteiger partial charge in [-0.25, -0.2) is 0 Å². The quantitative estimate of drug-likeness (QED) is 0.675. The Balaban J connectivity index is 1.79. The molecule has 3 heteroatoms. The van der Waals surface area contributed by atoms with E-state index < -0.39 is 0 Å². The fraction of sp³-hybridized carbons (Fsp3) is 1.00. The summed E-state index contributed by atoms with van der Waals surface area (Å²) in [5, 5.41) is 5.02. The highest BCUT2D eigenvalue weighted by atomic mass is 31.1. The van der Waals surface area contributed by atoms with Crippen LogP contribution in [0, 0.1) is 0 Å². The van der Waals surface area contributed by atoms with Crippen molar-refractivity contribution in [2.75, 3.05) is 25.4 Å². The van der Waals surface area contributed by atoms with Crippen molar-refractivity contribution in [2.45, 2.75) is 88.9 Å². The van der Waals surface area contributed by atoms with Crippen LogP contribution < -0.4 is 5.32 Å². The molecular formula is C18H37NP2. The molecule has 1 N–H and O–H groups in total. The van der Waals surface area contributed by atoms with E-state index in [2.05, 4.69) is 46.9 Å². The van der Waals surface area contributed by atoms with Crippen LogP contribution in [0.3, 0.4) is 0 Å². The van der Waals surface area contributed by atoms with Gasteiger partial charge in [-0.2, -0.15) is 0 Å². The average Bonchev–Trinajstić information content (AvgIpc) is 2.94. The molecule has 0 aromatic heterocycles. The summed E-state index contributed by atoms with van der Waals surface area (Å²) in [5.74, 6) is 0. The highest BCUT2D eigenvalue weighted by Crippen LogP contribution is 2.60. The van der Waals surface area contributed by atoms with E-state index >= 15 is 0 Å². The maximum atomic E-state index is 3.91. The topological polar surface area (TPSA) is 12.0 Å². The van der Waals surface area contributed by atoms with Gasteiger partial charge in [0.25, 0.3) is 0 Å². The number of rotatable bonds is 4. The summed E-state index contributed by atoms with van der Waals surface area (Å²) in [6.45, 7) is 17.4. The van der Waals surface area contributed by atoms with Crippen LogP contribution in [0.4, 0.5) is 0 Å². The molecule has 0 amide bonds. The molecule has 21 heavy (non-hydrogen) atoms. The third-order valence-corrected chi connectivity index (χ3v) is 12.9. The minimum Gasteiger partial charge on any atom is -0.315 e. The Hall–Kier alpha value is 0.820. The highest BCUT2D eigenvalue weighted by Gasteiger charge is 2.37. The van der Waals surface area contributed by atoms with Crippen molar-refractivity contribution >= 4 is 15.8 Å². The first-order chi connectivity index (χ1) is 9.69. The van der Waals surface area contributed by atoms with Crippen LogP contribution in [0.5, 0.6) is 0 Å². The lowest BCUT2D eigenvalue weighted by Gasteiger charge is -2.35. The highest BCUT2D eigenvalue weighted by molar-refractivity contribution is 7.60. The summed E-state index contributed by atoms with van der Waals surface area (Å²) in [6.07, 6.45) is 8.96. The molecule has 0 spiro atoms. The molecule has 0 bridgehead atoms. The summed E-state index contributed by atoms with van der Waals surface area (Å²) in [5.41, 5.74) is 1.98. The molecule has 2 rings (SSSR count). The molecule has 2 aliphatic heterocycles. The smallest absolute Gasteiger partial charge is 0.00194 e. The van der Waals surface area contributed by atoms with E-state index in [1.807, 2.05) is 0 Å². The predicted molar refractivity (Wildman–Crippen MR) is 102 cm³/mol. The van der Waals surface area contributed by atoms with Gasteiger partial charge in [-0.15, -0.1) is 0 Å². The second kappa shape index (κ2) is 7.15. The van der Waals surface area contributed by atoms with Crippen LogP contribution in [0.2, 0.25) is 0 Å². The van der Waals surface area contributed by atoms with Gasteiger partial charge >= 0.3 is 0 Å².